The van der Waals surface area contributed by atoms with Gasteiger partial charge in [0.05, 0.1) is 31.4 Å². The SMILES string of the molecule is COC(=O)C1=C(C)N(Cc2ccccc2)C2=C3C(=O)N(C)C(=O)C3[C@@](O)(C(=O)OC)C(=O)N2C1c1ccccc1. The van der Waals surface area contributed by atoms with Crippen molar-refractivity contribution in [3.8, 4) is 0 Å². The molecule has 11 nitrogen and oxygen atoms in total. The Morgan fingerprint density at radius 1 is 0.950 bits per heavy atom. The summed E-state index contributed by atoms with van der Waals surface area (Å²) < 4.78 is 9.92. The van der Waals surface area contributed by atoms with Gasteiger partial charge in [-0.15, -0.1) is 0 Å². The van der Waals surface area contributed by atoms with E-state index in [2.05, 4.69) is 0 Å². The molecule has 3 heterocycles. The third kappa shape index (κ3) is 3.65. The van der Waals surface area contributed by atoms with Gasteiger partial charge in [-0.25, -0.2) is 9.59 Å². The van der Waals surface area contributed by atoms with Gasteiger partial charge >= 0.3 is 11.9 Å². The molecule has 40 heavy (non-hydrogen) atoms. The molecule has 0 bridgehead atoms. The molecule has 1 N–H and O–H groups in total. The average Bonchev–Trinajstić information content (AvgIpc) is 3.20. The van der Waals surface area contributed by atoms with Crippen molar-refractivity contribution in [1.29, 1.82) is 0 Å². The summed E-state index contributed by atoms with van der Waals surface area (Å²) in [6, 6.07) is 16.4. The van der Waals surface area contributed by atoms with Gasteiger partial charge in [0.1, 0.15) is 11.7 Å². The molecule has 1 saturated heterocycles. The zero-order valence-electron chi connectivity index (χ0n) is 22.3. The van der Waals surface area contributed by atoms with E-state index in [0.29, 0.717) is 11.3 Å². The molecule has 2 unspecified atom stereocenters. The number of ether oxygens (including phenoxy) is 2. The van der Waals surface area contributed by atoms with Crippen molar-refractivity contribution in [2.24, 2.45) is 5.92 Å². The molecule has 2 aromatic carbocycles. The Morgan fingerprint density at radius 2 is 1.55 bits per heavy atom. The molecule has 0 aliphatic carbocycles. The fourth-order valence-corrected chi connectivity index (χ4v) is 5.65. The highest BCUT2D eigenvalue weighted by Crippen LogP contribution is 2.51. The first-order chi connectivity index (χ1) is 19.1. The monoisotopic (exact) mass is 545 g/mol. The number of likely N-dealkylation sites (tertiary alicyclic amines) is 1. The van der Waals surface area contributed by atoms with Crippen molar-refractivity contribution < 1.29 is 38.6 Å². The number of carbonyl (C=O) groups is 5. The van der Waals surface area contributed by atoms with Gasteiger partial charge in [-0.2, -0.15) is 0 Å². The van der Waals surface area contributed by atoms with E-state index in [1.165, 1.54) is 14.2 Å². The van der Waals surface area contributed by atoms with E-state index < -0.39 is 47.2 Å². The van der Waals surface area contributed by atoms with E-state index in [1.54, 1.807) is 42.2 Å². The summed E-state index contributed by atoms with van der Waals surface area (Å²) >= 11 is 0. The lowest BCUT2D eigenvalue weighted by Gasteiger charge is -2.51. The smallest absolute Gasteiger partial charge is 0.349 e. The van der Waals surface area contributed by atoms with Crippen molar-refractivity contribution in [2.45, 2.75) is 25.1 Å². The summed E-state index contributed by atoms with van der Waals surface area (Å²) in [5.41, 5.74) is -1.68. The summed E-state index contributed by atoms with van der Waals surface area (Å²) in [6.07, 6.45) is 0. The standard InChI is InChI=1S/C29H27N3O8/c1-16-19(26(35)39-3)22(18-13-9-6-10-14-18)32-23(31(16)15-17-11-7-5-8-12-17)20-21(25(34)30(2)24(20)33)29(38,27(32)36)28(37)40-4/h5-14,21-22,38H,15H2,1-4H3/t21?,22?,29-/m0/s1. The number of rotatable bonds is 5. The molecule has 0 radical (unpaired) electrons. The molecular weight excluding hydrogens is 518 g/mol. The molecule has 3 atom stereocenters. The van der Waals surface area contributed by atoms with Crippen molar-refractivity contribution in [1.82, 2.24) is 14.7 Å². The van der Waals surface area contributed by atoms with Gasteiger partial charge in [-0.3, -0.25) is 24.2 Å². The van der Waals surface area contributed by atoms with Crippen LogP contribution in [-0.4, -0.2) is 76.3 Å². The maximum Gasteiger partial charge on any atom is 0.349 e. The summed E-state index contributed by atoms with van der Waals surface area (Å²) in [7, 11) is 3.38. The summed E-state index contributed by atoms with van der Waals surface area (Å²) in [4.78, 5) is 71.2. The van der Waals surface area contributed by atoms with Crippen LogP contribution in [0.25, 0.3) is 0 Å². The fourth-order valence-electron chi connectivity index (χ4n) is 5.65. The summed E-state index contributed by atoms with van der Waals surface area (Å²) in [5.74, 6) is -6.93. The topological polar surface area (TPSA) is 134 Å². The maximum atomic E-state index is 14.4. The molecule has 3 aliphatic heterocycles. The second-order valence-corrected chi connectivity index (χ2v) is 9.68. The number of carbonyl (C=O) groups excluding carboxylic acids is 5. The highest BCUT2D eigenvalue weighted by Gasteiger charge is 2.69. The van der Waals surface area contributed by atoms with Gasteiger partial charge in [-0.1, -0.05) is 60.7 Å². The quantitative estimate of drug-likeness (QED) is 0.335. The minimum Gasteiger partial charge on any atom is -0.466 e. The third-order valence-electron chi connectivity index (χ3n) is 7.62. The number of imide groups is 1. The van der Waals surface area contributed by atoms with Crippen LogP contribution in [-0.2, 0) is 40.0 Å². The predicted octanol–water partition coefficient (Wildman–Crippen LogP) is 1.26. The molecule has 3 aliphatic rings. The number of aliphatic hydroxyl groups is 1. The molecule has 2 aromatic rings. The van der Waals surface area contributed by atoms with Crippen molar-refractivity contribution >= 4 is 29.7 Å². The van der Waals surface area contributed by atoms with E-state index in [1.807, 2.05) is 30.3 Å². The van der Waals surface area contributed by atoms with Gasteiger partial charge < -0.3 is 19.5 Å². The largest absolute Gasteiger partial charge is 0.466 e. The van der Waals surface area contributed by atoms with Gasteiger partial charge in [-0.05, 0) is 18.1 Å². The highest BCUT2D eigenvalue weighted by atomic mass is 16.5. The van der Waals surface area contributed by atoms with Crippen LogP contribution in [0, 0.1) is 5.92 Å². The van der Waals surface area contributed by atoms with E-state index in [9.17, 15) is 29.1 Å². The van der Waals surface area contributed by atoms with Gasteiger partial charge in [0.2, 0.25) is 5.91 Å². The molecule has 0 saturated carbocycles. The van der Waals surface area contributed by atoms with Crippen molar-refractivity contribution in [2.75, 3.05) is 21.3 Å². The number of amides is 3. The Bertz CT molecular complexity index is 1500. The Labute approximate surface area is 229 Å². The minimum absolute atomic E-state index is 0.00543. The molecule has 0 spiro atoms. The number of esters is 2. The second kappa shape index (κ2) is 9.76. The third-order valence-corrected chi connectivity index (χ3v) is 7.62. The molecule has 3 amide bonds. The molecule has 1 fully saturated rings. The number of hydrogen-bond donors (Lipinski definition) is 1. The Hall–Kier alpha value is -4.77. The number of methoxy groups -OCH3 is 2. The average molecular weight is 546 g/mol. The number of hydrogen-bond acceptors (Lipinski definition) is 9. The van der Waals surface area contributed by atoms with E-state index in [0.717, 1.165) is 22.5 Å². The second-order valence-electron chi connectivity index (χ2n) is 9.68. The van der Waals surface area contributed by atoms with E-state index in [-0.39, 0.29) is 23.5 Å². The summed E-state index contributed by atoms with van der Waals surface area (Å²) in [6.45, 7) is 1.74. The van der Waals surface area contributed by atoms with Crippen LogP contribution in [0.4, 0.5) is 0 Å². The van der Waals surface area contributed by atoms with Crippen LogP contribution in [0.2, 0.25) is 0 Å². The fraction of sp³-hybridized carbons (Fsp3) is 0.276. The number of nitrogens with zero attached hydrogens (tertiary/aromatic N) is 3. The number of fused-ring (bicyclic) bond motifs is 2. The molecular formula is C29H27N3O8. The van der Waals surface area contributed by atoms with E-state index >= 15 is 0 Å². The lowest BCUT2D eigenvalue weighted by Crippen LogP contribution is -2.66. The molecule has 11 heteroatoms. The van der Waals surface area contributed by atoms with Crippen LogP contribution < -0.4 is 0 Å². The van der Waals surface area contributed by atoms with Crippen LogP contribution in [0.5, 0.6) is 0 Å². The first kappa shape index (κ1) is 26.8. The minimum atomic E-state index is -3.07. The van der Waals surface area contributed by atoms with Crippen molar-refractivity contribution in [3.05, 3.63) is 94.5 Å². The van der Waals surface area contributed by atoms with Crippen LogP contribution in [0.15, 0.2) is 83.3 Å². The Morgan fingerprint density at radius 3 is 2.12 bits per heavy atom. The normalized spacial score (nSPS) is 24.3. The zero-order valence-corrected chi connectivity index (χ0v) is 22.3. The zero-order chi connectivity index (χ0) is 28.9. The summed E-state index contributed by atoms with van der Waals surface area (Å²) in [5, 5.41) is 11.8. The molecule has 206 valence electrons. The highest BCUT2D eigenvalue weighted by molar-refractivity contribution is 6.23. The van der Waals surface area contributed by atoms with Gasteiger partial charge in [0.15, 0.2) is 0 Å². The number of likely N-dealkylation sites (N-methyl/N-ethyl adjacent to an activating group) is 1. The van der Waals surface area contributed by atoms with Crippen LogP contribution in [0.3, 0.4) is 0 Å². The number of benzene rings is 2. The Balaban J connectivity index is 1.91. The van der Waals surface area contributed by atoms with Gasteiger partial charge in [0.25, 0.3) is 17.4 Å². The van der Waals surface area contributed by atoms with Crippen molar-refractivity contribution in [3.63, 3.8) is 0 Å². The lowest BCUT2D eigenvalue weighted by atomic mass is 9.76. The van der Waals surface area contributed by atoms with Crippen LogP contribution >= 0.6 is 0 Å². The predicted molar refractivity (Wildman–Crippen MR) is 138 cm³/mol. The molecule has 5 rings (SSSR count). The number of allylic oxidation sites excluding steroid dienone is 1. The lowest BCUT2D eigenvalue weighted by molar-refractivity contribution is -0.184. The molecule has 0 aromatic heterocycles. The van der Waals surface area contributed by atoms with Gasteiger partial charge in [0, 0.05) is 19.3 Å². The Kier molecular flexibility index (Phi) is 6.54. The maximum absolute atomic E-state index is 14.4. The first-order valence-electron chi connectivity index (χ1n) is 12.5. The first-order valence-corrected chi connectivity index (χ1v) is 12.5. The van der Waals surface area contributed by atoms with E-state index in [4.69, 9.17) is 9.47 Å². The van der Waals surface area contributed by atoms with Crippen LogP contribution in [0.1, 0.15) is 24.1 Å².